The van der Waals surface area contributed by atoms with Crippen LogP contribution in [0, 0.1) is 0 Å². The summed E-state index contributed by atoms with van der Waals surface area (Å²) in [7, 11) is -0.362. The Bertz CT molecular complexity index is 273. The van der Waals surface area contributed by atoms with Crippen LogP contribution < -0.4 is 0 Å². The third-order valence-corrected chi connectivity index (χ3v) is 5.79. The Morgan fingerprint density at radius 2 is 1.32 bits per heavy atom. The minimum atomic E-state index is -5.50. The Kier molecular flexibility index (Phi) is 5.91. The number of halogens is 6. The second kappa shape index (κ2) is 6.00. The number of rotatable bonds is 6. The second-order valence-corrected chi connectivity index (χ2v) is 9.27. The summed E-state index contributed by atoms with van der Waals surface area (Å²) >= 11 is 0. The fourth-order valence-corrected chi connectivity index (χ4v) is 2.88. The minimum absolute atomic E-state index is 0.195. The number of methoxy groups -OCH3 is 1. The first-order valence-electron chi connectivity index (χ1n) is 5.57. The Balaban J connectivity index is 5.01. The van der Waals surface area contributed by atoms with E-state index < -0.39 is 32.7 Å². The van der Waals surface area contributed by atoms with Gasteiger partial charge in [0, 0.05) is 14.2 Å². The number of alkyl halides is 6. The van der Waals surface area contributed by atoms with E-state index in [1.54, 1.807) is 13.1 Å². The van der Waals surface area contributed by atoms with Gasteiger partial charge in [-0.15, -0.1) is 0 Å². The van der Waals surface area contributed by atoms with E-state index in [0.29, 0.717) is 7.11 Å². The molecule has 0 amide bonds. The van der Waals surface area contributed by atoms with Crippen LogP contribution in [0.15, 0.2) is 0 Å². The largest absolute Gasteiger partial charge is 0.426 e. The van der Waals surface area contributed by atoms with E-state index >= 15 is 0 Å². The molecule has 0 saturated carbocycles. The highest BCUT2D eigenvalue weighted by Crippen LogP contribution is 2.48. The van der Waals surface area contributed by atoms with E-state index in [2.05, 4.69) is 4.74 Å². The van der Waals surface area contributed by atoms with E-state index in [1.807, 2.05) is 0 Å². The lowest BCUT2D eigenvalue weighted by Gasteiger charge is -2.36. The lowest BCUT2D eigenvalue weighted by atomic mass is 9.96. The summed E-state index contributed by atoms with van der Waals surface area (Å²) in [6.45, 7) is 3.45. The predicted molar refractivity (Wildman–Crippen MR) is 60.4 cm³/mol. The van der Waals surface area contributed by atoms with Gasteiger partial charge in [0.1, 0.15) is 0 Å². The van der Waals surface area contributed by atoms with E-state index in [0.717, 1.165) is 0 Å². The molecule has 2 nitrogen and oxygen atoms in total. The molecule has 19 heavy (non-hydrogen) atoms. The average molecular weight is 312 g/mol. The van der Waals surface area contributed by atoms with Gasteiger partial charge in [-0.1, -0.05) is 6.42 Å². The maximum absolute atomic E-state index is 12.7. The van der Waals surface area contributed by atoms with Crippen LogP contribution in [0.2, 0.25) is 19.1 Å². The third kappa shape index (κ3) is 4.35. The zero-order valence-electron chi connectivity index (χ0n) is 11.2. The molecular weight excluding hydrogens is 294 g/mol. The Morgan fingerprint density at radius 1 is 0.895 bits per heavy atom. The molecule has 0 aliphatic rings. The summed E-state index contributed by atoms with van der Waals surface area (Å²) in [6.07, 6.45) is -12.4. The van der Waals surface area contributed by atoms with Crippen LogP contribution in [0.25, 0.3) is 0 Å². The quantitative estimate of drug-likeness (QED) is 0.542. The van der Waals surface area contributed by atoms with E-state index in [-0.39, 0.29) is 12.5 Å². The fourth-order valence-electron chi connectivity index (χ4n) is 1.64. The monoisotopic (exact) mass is 312 g/mol. The normalized spacial score (nSPS) is 14.8. The number of hydrogen-bond acceptors (Lipinski definition) is 2. The van der Waals surface area contributed by atoms with Crippen molar-refractivity contribution >= 4 is 8.32 Å². The van der Waals surface area contributed by atoms with E-state index in [9.17, 15) is 26.3 Å². The van der Waals surface area contributed by atoms with Crippen molar-refractivity contribution < 1.29 is 35.5 Å². The number of ether oxygens (including phenoxy) is 1. The zero-order valence-corrected chi connectivity index (χ0v) is 12.2. The summed E-state index contributed by atoms with van der Waals surface area (Å²) in [5.74, 6) is 0. The van der Waals surface area contributed by atoms with Crippen LogP contribution in [0.3, 0.4) is 0 Å². The highest BCUT2D eigenvalue weighted by atomic mass is 28.4. The molecule has 9 heteroatoms. The molecule has 0 fully saturated rings. The zero-order chi connectivity index (χ0) is 15.5. The first kappa shape index (κ1) is 18.7. The van der Waals surface area contributed by atoms with Crippen LogP contribution in [0.1, 0.15) is 12.8 Å². The highest BCUT2D eigenvalue weighted by molar-refractivity contribution is 6.71. The van der Waals surface area contributed by atoms with Crippen molar-refractivity contribution in [3.05, 3.63) is 0 Å². The summed E-state index contributed by atoms with van der Waals surface area (Å²) < 4.78 is 85.2. The number of hydrogen-bond donors (Lipinski definition) is 0. The average Bonchev–Trinajstić information content (AvgIpc) is 2.20. The molecule has 0 aliphatic carbocycles. The van der Waals surface area contributed by atoms with Crippen molar-refractivity contribution in [2.75, 3.05) is 14.2 Å². The summed E-state index contributed by atoms with van der Waals surface area (Å²) in [5, 5.41) is 0. The minimum Gasteiger partial charge on any atom is -0.420 e. The van der Waals surface area contributed by atoms with Gasteiger partial charge in [-0.2, -0.15) is 26.3 Å². The van der Waals surface area contributed by atoms with Gasteiger partial charge in [0.25, 0.3) is 5.60 Å². The van der Waals surface area contributed by atoms with Gasteiger partial charge in [-0.05, 0) is 25.6 Å². The van der Waals surface area contributed by atoms with Gasteiger partial charge >= 0.3 is 12.4 Å². The molecule has 116 valence electrons. The van der Waals surface area contributed by atoms with Crippen molar-refractivity contribution in [2.45, 2.75) is 49.9 Å². The van der Waals surface area contributed by atoms with Crippen LogP contribution in [-0.4, -0.2) is 40.5 Å². The molecule has 0 aromatic heterocycles. The van der Waals surface area contributed by atoms with Gasteiger partial charge in [0.15, 0.2) is 8.32 Å². The standard InChI is InChI=1S/C10H18F6O2Si/c1-17-8(9(11,12)13,10(14,15)16)6-5-7-19(3,4)18-2/h5-7H2,1-4H3. The lowest BCUT2D eigenvalue weighted by Crippen LogP contribution is -2.58. The highest BCUT2D eigenvalue weighted by Gasteiger charge is 2.71. The molecule has 0 aromatic carbocycles. The molecule has 0 aliphatic heterocycles. The maximum Gasteiger partial charge on any atom is 0.426 e. The molecule has 0 heterocycles. The summed E-state index contributed by atoms with van der Waals surface area (Å²) in [6, 6.07) is 0.195. The molecule has 0 saturated heterocycles. The van der Waals surface area contributed by atoms with Gasteiger partial charge in [-0.3, -0.25) is 0 Å². The molecule has 0 radical (unpaired) electrons. The van der Waals surface area contributed by atoms with Crippen molar-refractivity contribution in [2.24, 2.45) is 0 Å². The first-order valence-corrected chi connectivity index (χ1v) is 8.68. The Morgan fingerprint density at radius 3 is 1.58 bits per heavy atom. The molecule has 0 rings (SSSR count). The van der Waals surface area contributed by atoms with Gasteiger partial charge in [0.05, 0.1) is 0 Å². The van der Waals surface area contributed by atoms with E-state index in [4.69, 9.17) is 4.43 Å². The smallest absolute Gasteiger partial charge is 0.420 e. The summed E-state index contributed by atoms with van der Waals surface area (Å²) in [5.41, 5.74) is -4.10. The Labute approximate surface area is 109 Å². The first-order chi connectivity index (χ1) is 8.33. The fraction of sp³-hybridized carbons (Fsp3) is 1.00. The van der Waals surface area contributed by atoms with Crippen molar-refractivity contribution in [1.82, 2.24) is 0 Å². The van der Waals surface area contributed by atoms with Crippen molar-refractivity contribution in [3.63, 3.8) is 0 Å². The predicted octanol–water partition coefficient (Wildman–Crippen LogP) is 4.13. The van der Waals surface area contributed by atoms with Crippen LogP contribution in [-0.2, 0) is 9.16 Å². The molecule has 0 bridgehead atoms. The van der Waals surface area contributed by atoms with Gasteiger partial charge < -0.3 is 9.16 Å². The molecule has 0 aromatic rings. The second-order valence-electron chi connectivity index (χ2n) is 4.84. The molecule has 0 N–H and O–H groups in total. The van der Waals surface area contributed by atoms with Gasteiger partial charge in [-0.25, -0.2) is 0 Å². The van der Waals surface area contributed by atoms with Crippen LogP contribution in [0.4, 0.5) is 26.3 Å². The third-order valence-electron chi connectivity index (χ3n) is 3.12. The molecule has 0 unspecified atom stereocenters. The van der Waals surface area contributed by atoms with E-state index in [1.165, 1.54) is 7.11 Å². The van der Waals surface area contributed by atoms with Gasteiger partial charge in [0.2, 0.25) is 0 Å². The van der Waals surface area contributed by atoms with Crippen LogP contribution >= 0.6 is 0 Å². The van der Waals surface area contributed by atoms with Crippen molar-refractivity contribution in [1.29, 1.82) is 0 Å². The van der Waals surface area contributed by atoms with Crippen LogP contribution in [0.5, 0.6) is 0 Å². The van der Waals surface area contributed by atoms with Crippen molar-refractivity contribution in [3.8, 4) is 0 Å². The Hall–Kier alpha value is -0.283. The lowest BCUT2D eigenvalue weighted by molar-refractivity contribution is -0.376. The molecule has 0 atom stereocenters. The molecular formula is C10H18F6O2Si. The SMILES string of the molecule is COC(CCC[Si](C)(C)OC)(C(F)(F)F)C(F)(F)F. The summed E-state index contributed by atoms with van der Waals surface area (Å²) in [4.78, 5) is 0. The topological polar surface area (TPSA) is 18.5 Å². The molecule has 0 spiro atoms. The maximum atomic E-state index is 12.7.